The summed E-state index contributed by atoms with van der Waals surface area (Å²) in [6.07, 6.45) is 1.20. The molecule has 104 valence electrons. The fourth-order valence-electron chi connectivity index (χ4n) is 2.67. The molecule has 2 aromatic rings. The van der Waals surface area contributed by atoms with Gasteiger partial charge in [-0.15, -0.1) is 0 Å². The molecule has 1 aromatic carbocycles. The van der Waals surface area contributed by atoms with E-state index in [9.17, 15) is 0 Å². The lowest BCUT2D eigenvalue weighted by molar-refractivity contribution is 0.433. The number of aryl methyl sites for hydroxylation is 1. The van der Waals surface area contributed by atoms with E-state index in [2.05, 4.69) is 55.8 Å². The second-order valence-electron chi connectivity index (χ2n) is 5.67. The summed E-state index contributed by atoms with van der Waals surface area (Å²) in [6, 6.07) is 8.89. The van der Waals surface area contributed by atoms with Gasteiger partial charge < -0.3 is 9.88 Å². The van der Waals surface area contributed by atoms with E-state index in [0.29, 0.717) is 6.04 Å². The smallest absolute Gasteiger partial charge is 0.123 e. The maximum Gasteiger partial charge on any atom is 0.123 e. The average molecular weight is 259 g/mol. The highest BCUT2D eigenvalue weighted by atomic mass is 15.1. The second kappa shape index (κ2) is 6.20. The molecule has 0 spiro atoms. The standard InChI is InChI=1S/C16H25N3/c1-5-19-15-9-7-6-8-14(15)18-16(19)11-17-13(4)10-12(2)3/h6-9,12-13,17H,5,10-11H2,1-4H3. The number of hydrogen-bond donors (Lipinski definition) is 1. The lowest BCUT2D eigenvalue weighted by atomic mass is 10.1. The van der Waals surface area contributed by atoms with Crippen LogP contribution in [0.3, 0.4) is 0 Å². The molecule has 0 aliphatic heterocycles. The van der Waals surface area contributed by atoms with Gasteiger partial charge in [-0.3, -0.25) is 0 Å². The van der Waals surface area contributed by atoms with Crippen molar-refractivity contribution in [3.05, 3.63) is 30.1 Å². The van der Waals surface area contributed by atoms with Gasteiger partial charge in [0.05, 0.1) is 17.6 Å². The van der Waals surface area contributed by atoms with Crippen LogP contribution >= 0.6 is 0 Å². The minimum absolute atomic E-state index is 0.533. The van der Waals surface area contributed by atoms with Crippen molar-refractivity contribution in [1.82, 2.24) is 14.9 Å². The monoisotopic (exact) mass is 259 g/mol. The molecule has 0 amide bonds. The molecule has 0 radical (unpaired) electrons. The van der Waals surface area contributed by atoms with Crippen LogP contribution in [0.15, 0.2) is 24.3 Å². The molecule has 0 bridgehead atoms. The summed E-state index contributed by atoms with van der Waals surface area (Å²) in [6.45, 7) is 10.8. The molecule has 1 N–H and O–H groups in total. The summed E-state index contributed by atoms with van der Waals surface area (Å²) in [7, 11) is 0. The van der Waals surface area contributed by atoms with E-state index in [1.54, 1.807) is 0 Å². The van der Waals surface area contributed by atoms with Crippen LogP contribution in [0.2, 0.25) is 0 Å². The van der Waals surface area contributed by atoms with Gasteiger partial charge in [-0.1, -0.05) is 26.0 Å². The topological polar surface area (TPSA) is 29.9 Å². The lowest BCUT2D eigenvalue weighted by Crippen LogP contribution is -2.28. The Labute approximate surface area is 116 Å². The zero-order valence-corrected chi connectivity index (χ0v) is 12.5. The third-order valence-electron chi connectivity index (χ3n) is 3.48. The van der Waals surface area contributed by atoms with Crippen LogP contribution in [0, 0.1) is 5.92 Å². The first-order valence-electron chi connectivity index (χ1n) is 7.29. The zero-order chi connectivity index (χ0) is 13.8. The van der Waals surface area contributed by atoms with Gasteiger partial charge in [0, 0.05) is 12.6 Å². The first-order valence-corrected chi connectivity index (χ1v) is 7.29. The first kappa shape index (κ1) is 14.1. The minimum Gasteiger partial charge on any atom is -0.327 e. The van der Waals surface area contributed by atoms with Gasteiger partial charge in [0.15, 0.2) is 0 Å². The number of hydrogen-bond acceptors (Lipinski definition) is 2. The summed E-state index contributed by atoms with van der Waals surface area (Å²) in [4.78, 5) is 4.74. The molecule has 19 heavy (non-hydrogen) atoms. The van der Waals surface area contributed by atoms with Crippen molar-refractivity contribution in [1.29, 1.82) is 0 Å². The summed E-state index contributed by atoms with van der Waals surface area (Å²) in [5, 5.41) is 3.58. The molecule has 3 nitrogen and oxygen atoms in total. The first-order chi connectivity index (χ1) is 9.11. The van der Waals surface area contributed by atoms with E-state index in [0.717, 1.165) is 30.3 Å². The quantitative estimate of drug-likeness (QED) is 0.859. The Balaban J connectivity index is 2.12. The van der Waals surface area contributed by atoms with E-state index in [1.807, 2.05) is 6.07 Å². The highest BCUT2D eigenvalue weighted by molar-refractivity contribution is 5.75. The molecule has 1 atom stereocenters. The lowest BCUT2D eigenvalue weighted by Gasteiger charge is -2.16. The van der Waals surface area contributed by atoms with Gasteiger partial charge in [-0.25, -0.2) is 4.98 Å². The highest BCUT2D eigenvalue weighted by Gasteiger charge is 2.10. The molecule has 0 saturated carbocycles. The Hall–Kier alpha value is -1.35. The summed E-state index contributed by atoms with van der Waals surface area (Å²) < 4.78 is 2.30. The molecular weight excluding hydrogens is 234 g/mol. The predicted octanol–water partition coefficient (Wildman–Crippen LogP) is 3.58. The number of benzene rings is 1. The van der Waals surface area contributed by atoms with Crippen molar-refractivity contribution in [3.8, 4) is 0 Å². The number of nitrogens with one attached hydrogen (secondary N) is 1. The maximum absolute atomic E-state index is 4.74. The van der Waals surface area contributed by atoms with Gasteiger partial charge in [0.1, 0.15) is 5.82 Å². The van der Waals surface area contributed by atoms with E-state index >= 15 is 0 Å². The van der Waals surface area contributed by atoms with Crippen molar-refractivity contribution in [2.75, 3.05) is 0 Å². The summed E-state index contributed by atoms with van der Waals surface area (Å²) >= 11 is 0. The third-order valence-corrected chi connectivity index (χ3v) is 3.48. The van der Waals surface area contributed by atoms with Crippen LogP contribution in [0.4, 0.5) is 0 Å². The van der Waals surface area contributed by atoms with Crippen LogP contribution in [0.5, 0.6) is 0 Å². The number of fused-ring (bicyclic) bond motifs is 1. The highest BCUT2D eigenvalue weighted by Crippen LogP contribution is 2.16. The molecule has 0 aliphatic carbocycles. The Bertz CT molecular complexity index is 528. The molecule has 1 heterocycles. The Morgan fingerprint density at radius 1 is 1.21 bits per heavy atom. The van der Waals surface area contributed by atoms with E-state index < -0.39 is 0 Å². The SMILES string of the molecule is CCn1c(CNC(C)CC(C)C)nc2ccccc21. The molecule has 0 saturated heterocycles. The van der Waals surface area contributed by atoms with E-state index in [1.165, 1.54) is 11.9 Å². The van der Waals surface area contributed by atoms with Gasteiger partial charge in [0.25, 0.3) is 0 Å². The average Bonchev–Trinajstić information content (AvgIpc) is 2.73. The number of imidazole rings is 1. The van der Waals surface area contributed by atoms with Crippen molar-refractivity contribution >= 4 is 11.0 Å². The summed E-state index contributed by atoms with van der Waals surface area (Å²) in [5.41, 5.74) is 2.33. The molecule has 1 unspecified atom stereocenters. The largest absolute Gasteiger partial charge is 0.327 e. The van der Waals surface area contributed by atoms with Crippen molar-refractivity contribution in [2.45, 2.75) is 53.2 Å². The van der Waals surface area contributed by atoms with Crippen LogP contribution in [-0.4, -0.2) is 15.6 Å². The van der Waals surface area contributed by atoms with Crippen LogP contribution in [-0.2, 0) is 13.1 Å². The molecule has 2 rings (SSSR count). The van der Waals surface area contributed by atoms with Gasteiger partial charge in [-0.2, -0.15) is 0 Å². The van der Waals surface area contributed by atoms with Crippen LogP contribution in [0.25, 0.3) is 11.0 Å². The molecule has 0 fully saturated rings. The van der Waals surface area contributed by atoms with E-state index in [4.69, 9.17) is 4.98 Å². The van der Waals surface area contributed by atoms with E-state index in [-0.39, 0.29) is 0 Å². The minimum atomic E-state index is 0.533. The number of aromatic nitrogens is 2. The van der Waals surface area contributed by atoms with Crippen molar-refractivity contribution in [2.24, 2.45) is 5.92 Å². The van der Waals surface area contributed by atoms with Crippen LogP contribution in [0.1, 0.15) is 39.9 Å². The molecule has 0 aliphatic rings. The second-order valence-corrected chi connectivity index (χ2v) is 5.67. The molecule has 3 heteroatoms. The van der Waals surface area contributed by atoms with Crippen molar-refractivity contribution < 1.29 is 0 Å². The number of rotatable bonds is 6. The summed E-state index contributed by atoms with van der Waals surface area (Å²) in [5.74, 6) is 1.87. The Morgan fingerprint density at radius 3 is 2.63 bits per heavy atom. The van der Waals surface area contributed by atoms with Crippen LogP contribution < -0.4 is 5.32 Å². The normalized spacial score (nSPS) is 13.3. The number of nitrogens with zero attached hydrogens (tertiary/aromatic N) is 2. The van der Waals surface area contributed by atoms with Gasteiger partial charge in [0.2, 0.25) is 0 Å². The molecular formula is C16H25N3. The number of para-hydroxylation sites is 2. The van der Waals surface area contributed by atoms with Gasteiger partial charge >= 0.3 is 0 Å². The van der Waals surface area contributed by atoms with Crippen molar-refractivity contribution in [3.63, 3.8) is 0 Å². The fourth-order valence-corrected chi connectivity index (χ4v) is 2.67. The maximum atomic E-state index is 4.74. The third kappa shape index (κ3) is 3.35. The molecule has 1 aromatic heterocycles. The Kier molecular flexibility index (Phi) is 4.59. The van der Waals surface area contributed by atoms with Gasteiger partial charge in [-0.05, 0) is 38.3 Å². The predicted molar refractivity (Wildman–Crippen MR) is 81.2 cm³/mol. The zero-order valence-electron chi connectivity index (χ0n) is 12.5. The Morgan fingerprint density at radius 2 is 1.95 bits per heavy atom. The fraction of sp³-hybridized carbons (Fsp3) is 0.562.